The second kappa shape index (κ2) is 16.8. The molecule has 66 heavy (non-hydrogen) atoms. The highest BCUT2D eigenvalue weighted by atomic mass is 15.1. The van der Waals surface area contributed by atoms with Gasteiger partial charge in [-0.1, -0.05) is 212 Å². The van der Waals surface area contributed by atoms with Gasteiger partial charge >= 0.3 is 0 Å². The predicted molar refractivity (Wildman–Crippen MR) is 280 cm³/mol. The van der Waals surface area contributed by atoms with E-state index in [1.807, 2.05) is 0 Å². The van der Waals surface area contributed by atoms with Crippen LogP contribution < -0.4 is 4.90 Å². The number of nitrogens with zero attached hydrogens (tertiary/aromatic N) is 2. The molecular weight excluding hydrogens is 797 g/mol. The van der Waals surface area contributed by atoms with Crippen molar-refractivity contribution in [2.75, 3.05) is 4.90 Å². The minimum absolute atomic E-state index is 1.07. The van der Waals surface area contributed by atoms with Crippen LogP contribution in [0.3, 0.4) is 0 Å². The summed E-state index contributed by atoms with van der Waals surface area (Å²) in [4.78, 5) is 2.45. The average Bonchev–Trinajstić information content (AvgIpc) is 3.74. The van der Waals surface area contributed by atoms with Gasteiger partial charge in [-0.2, -0.15) is 0 Å². The molecule has 11 aromatic carbocycles. The second-order valence-electron chi connectivity index (χ2n) is 16.9. The summed E-state index contributed by atoms with van der Waals surface area (Å²) in [6, 6.07) is 97.0. The Bertz CT molecular complexity index is 3710. The van der Waals surface area contributed by atoms with Crippen molar-refractivity contribution in [3.8, 4) is 61.3 Å². The Morgan fingerprint density at radius 2 is 0.773 bits per heavy atom. The third-order valence-corrected chi connectivity index (χ3v) is 13.0. The number of hydrogen-bond acceptors (Lipinski definition) is 1. The molecule has 1 aromatic heterocycles. The molecule has 0 amide bonds. The van der Waals surface area contributed by atoms with Crippen molar-refractivity contribution in [2.24, 2.45) is 0 Å². The Labute approximate surface area is 385 Å². The molecule has 0 saturated carbocycles. The highest BCUT2D eigenvalue weighted by Gasteiger charge is 2.22. The van der Waals surface area contributed by atoms with Gasteiger partial charge < -0.3 is 9.47 Å². The molecular formula is C64H44N2. The minimum Gasteiger partial charge on any atom is -0.310 e. The lowest BCUT2D eigenvalue weighted by atomic mass is 9.88. The van der Waals surface area contributed by atoms with Crippen LogP contribution in [0.1, 0.15) is 0 Å². The highest BCUT2D eigenvalue weighted by Crippen LogP contribution is 2.47. The molecule has 1 heterocycles. The molecule has 0 bridgehead atoms. The molecule has 0 aliphatic heterocycles. The number of hydrogen-bond donors (Lipinski definition) is 0. The largest absolute Gasteiger partial charge is 0.310 e. The van der Waals surface area contributed by atoms with Crippen LogP contribution in [0.15, 0.2) is 267 Å². The van der Waals surface area contributed by atoms with Gasteiger partial charge in [0.15, 0.2) is 0 Å². The van der Waals surface area contributed by atoms with Crippen molar-refractivity contribution in [3.63, 3.8) is 0 Å². The topological polar surface area (TPSA) is 8.17 Å². The van der Waals surface area contributed by atoms with Crippen LogP contribution in [-0.2, 0) is 0 Å². The van der Waals surface area contributed by atoms with Gasteiger partial charge in [0.2, 0.25) is 0 Å². The number of benzene rings is 11. The van der Waals surface area contributed by atoms with E-state index in [2.05, 4.69) is 276 Å². The summed E-state index contributed by atoms with van der Waals surface area (Å²) in [5.41, 5.74) is 18.5. The third-order valence-electron chi connectivity index (χ3n) is 13.0. The molecule has 0 aliphatic rings. The van der Waals surface area contributed by atoms with Gasteiger partial charge in [0.1, 0.15) is 0 Å². The van der Waals surface area contributed by atoms with Gasteiger partial charge in [-0.25, -0.2) is 0 Å². The van der Waals surface area contributed by atoms with Crippen LogP contribution in [0, 0.1) is 0 Å². The Morgan fingerprint density at radius 3 is 1.55 bits per heavy atom. The Hall–Kier alpha value is -8.72. The lowest BCUT2D eigenvalue weighted by Crippen LogP contribution is -2.11. The van der Waals surface area contributed by atoms with Crippen LogP contribution in [-0.4, -0.2) is 4.57 Å². The second-order valence-corrected chi connectivity index (χ2v) is 16.9. The summed E-state index contributed by atoms with van der Waals surface area (Å²) in [6.07, 6.45) is 0. The van der Waals surface area contributed by atoms with Gasteiger partial charge in [-0.05, 0) is 110 Å². The van der Waals surface area contributed by atoms with E-state index in [0.29, 0.717) is 0 Å². The normalized spacial score (nSPS) is 11.3. The molecule has 0 radical (unpaired) electrons. The lowest BCUT2D eigenvalue weighted by molar-refractivity contribution is 1.18. The summed E-state index contributed by atoms with van der Waals surface area (Å²) < 4.78 is 2.43. The maximum absolute atomic E-state index is 2.45. The number of rotatable bonds is 9. The molecule has 0 fully saturated rings. The van der Waals surface area contributed by atoms with Gasteiger partial charge in [0, 0.05) is 39.0 Å². The number of aromatic nitrogens is 1. The lowest BCUT2D eigenvalue weighted by Gasteiger charge is -2.29. The molecule has 0 N–H and O–H groups in total. The van der Waals surface area contributed by atoms with E-state index in [1.165, 1.54) is 71.5 Å². The number of para-hydroxylation sites is 4. The molecule has 0 aliphatic carbocycles. The van der Waals surface area contributed by atoms with Crippen molar-refractivity contribution >= 4 is 49.6 Å². The predicted octanol–water partition coefficient (Wildman–Crippen LogP) is 17.7. The third kappa shape index (κ3) is 6.93. The van der Waals surface area contributed by atoms with E-state index in [1.54, 1.807) is 0 Å². The SMILES string of the molecule is c1ccc(-c2ccccc2-c2ccccc2-c2ccccc2N(c2cccc(-c3ccc4ccccc4c3)c2)c2cccc(-c3cccc4c5ccccc5n(-c5ccccc5)c34)c2)cc1. The molecule has 12 aromatic rings. The van der Waals surface area contributed by atoms with Gasteiger partial charge in [0.25, 0.3) is 0 Å². The van der Waals surface area contributed by atoms with Crippen molar-refractivity contribution in [3.05, 3.63) is 267 Å². The standard InChI is InChI=1S/C64H44N2/c1-3-21-46(22-4-1)54-30-9-10-31-56(54)57-32-11-12-33-58(57)59-34-13-15-38-62(59)65(52-28-17-24-48(43-52)49-41-40-45-20-7-8-23-47(45)42-49)53-29-18-25-50(44-53)55-36-19-37-61-60-35-14-16-39-63(60)66(64(55)61)51-26-5-2-6-27-51/h1-44H. The van der Waals surface area contributed by atoms with E-state index in [9.17, 15) is 0 Å². The quantitative estimate of drug-likeness (QED) is 0.141. The zero-order chi connectivity index (χ0) is 43.8. The molecule has 310 valence electrons. The fourth-order valence-corrected chi connectivity index (χ4v) is 9.97. The van der Waals surface area contributed by atoms with Crippen LogP contribution in [0.2, 0.25) is 0 Å². The molecule has 2 nitrogen and oxygen atoms in total. The van der Waals surface area contributed by atoms with Crippen LogP contribution in [0.5, 0.6) is 0 Å². The summed E-state index contributed by atoms with van der Waals surface area (Å²) in [7, 11) is 0. The first-order chi connectivity index (χ1) is 32.8. The van der Waals surface area contributed by atoms with E-state index >= 15 is 0 Å². The molecule has 0 unspecified atom stereocenters. The van der Waals surface area contributed by atoms with E-state index in [4.69, 9.17) is 0 Å². The highest BCUT2D eigenvalue weighted by molar-refractivity contribution is 6.14. The van der Waals surface area contributed by atoms with Crippen LogP contribution >= 0.6 is 0 Å². The fraction of sp³-hybridized carbons (Fsp3) is 0. The van der Waals surface area contributed by atoms with Crippen molar-refractivity contribution in [1.82, 2.24) is 4.57 Å². The Balaban J connectivity index is 1.08. The number of fused-ring (bicyclic) bond motifs is 4. The zero-order valence-electron chi connectivity index (χ0n) is 36.3. The molecule has 0 atom stereocenters. The average molecular weight is 841 g/mol. The van der Waals surface area contributed by atoms with Crippen LogP contribution in [0.4, 0.5) is 17.1 Å². The van der Waals surface area contributed by atoms with Gasteiger partial charge in [-0.15, -0.1) is 0 Å². The Morgan fingerprint density at radius 1 is 0.273 bits per heavy atom. The van der Waals surface area contributed by atoms with Crippen molar-refractivity contribution in [1.29, 1.82) is 0 Å². The van der Waals surface area contributed by atoms with E-state index < -0.39 is 0 Å². The van der Waals surface area contributed by atoms with Gasteiger partial charge in [0.05, 0.1) is 16.7 Å². The molecule has 0 spiro atoms. The fourth-order valence-electron chi connectivity index (χ4n) is 9.97. The number of anilines is 3. The minimum atomic E-state index is 1.07. The summed E-state index contributed by atoms with van der Waals surface area (Å²) >= 11 is 0. The zero-order valence-corrected chi connectivity index (χ0v) is 36.3. The molecule has 0 saturated heterocycles. The first-order valence-electron chi connectivity index (χ1n) is 22.7. The monoisotopic (exact) mass is 840 g/mol. The van der Waals surface area contributed by atoms with Crippen LogP contribution in [0.25, 0.3) is 93.9 Å². The first-order valence-corrected chi connectivity index (χ1v) is 22.7. The first kappa shape index (κ1) is 38.9. The van der Waals surface area contributed by atoms with E-state index in [0.717, 1.165) is 39.4 Å². The smallest absolute Gasteiger partial charge is 0.0619 e. The van der Waals surface area contributed by atoms with Crippen molar-refractivity contribution in [2.45, 2.75) is 0 Å². The van der Waals surface area contributed by atoms with Gasteiger partial charge in [-0.3, -0.25) is 0 Å². The van der Waals surface area contributed by atoms with E-state index in [-0.39, 0.29) is 0 Å². The Kier molecular flexibility index (Phi) is 9.89. The summed E-state index contributed by atoms with van der Waals surface area (Å²) in [5.74, 6) is 0. The maximum atomic E-state index is 2.45. The summed E-state index contributed by atoms with van der Waals surface area (Å²) in [5, 5.41) is 4.93. The summed E-state index contributed by atoms with van der Waals surface area (Å²) in [6.45, 7) is 0. The maximum Gasteiger partial charge on any atom is 0.0619 e. The molecule has 2 heteroatoms. The molecule has 12 rings (SSSR count). The van der Waals surface area contributed by atoms with Crippen molar-refractivity contribution < 1.29 is 0 Å².